The van der Waals surface area contributed by atoms with Crippen LogP contribution >= 0.6 is 11.8 Å². The second-order valence-corrected chi connectivity index (χ2v) is 6.07. The smallest absolute Gasteiger partial charge is 0.256 e. The lowest BCUT2D eigenvalue weighted by Crippen LogP contribution is -2.20. The van der Waals surface area contributed by atoms with Gasteiger partial charge in [0.05, 0.1) is 5.03 Å². The quantitative estimate of drug-likeness (QED) is 0.876. The highest BCUT2D eigenvalue weighted by atomic mass is 32.2. The van der Waals surface area contributed by atoms with Crippen LogP contribution in [0.3, 0.4) is 0 Å². The number of rotatable bonds is 5. The standard InChI is InChI=1S/C17H20N4OS/c1-10-6-7-14(17(22)20-13(4)23-5)8-15(10)21-16-11(2)12(3)18-9-19-16/h6-9H,4H2,1-3,5H3,(H,20,22)(H,18,19,21). The van der Waals surface area contributed by atoms with Gasteiger partial charge in [-0.2, -0.15) is 0 Å². The summed E-state index contributed by atoms with van der Waals surface area (Å²) in [6.07, 6.45) is 3.39. The van der Waals surface area contributed by atoms with Gasteiger partial charge < -0.3 is 10.6 Å². The lowest BCUT2D eigenvalue weighted by Gasteiger charge is -2.13. The first-order chi connectivity index (χ1) is 10.9. The van der Waals surface area contributed by atoms with E-state index in [-0.39, 0.29) is 5.91 Å². The maximum absolute atomic E-state index is 12.2. The lowest BCUT2D eigenvalue weighted by molar-refractivity contribution is 0.0969. The van der Waals surface area contributed by atoms with Gasteiger partial charge in [-0.25, -0.2) is 9.97 Å². The summed E-state index contributed by atoms with van der Waals surface area (Å²) in [5, 5.41) is 6.66. The maximum atomic E-state index is 12.2. The average molecular weight is 328 g/mol. The summed E-state index contributed by atoms with van der Waals surface area (Å²) in [7, 11) is 0. The Kier molecular flexibility index (Phi) is 5.39. The molecule has 120 valence electrons. The largest absolute Gasteiger partial charge is 0.340 e. The van der Waals surface area contributed by atoms with E-state index in [1.807, 2.05) is 39.2 Å². The SMILES string of the molecule is C=C(NC(=O)c1ccc(C)c(Nc2ncnc(C)c2C)c1)SC. The maximum Gasteiger partial charge on any atom is 0.256 e. The average Bonchev–Trinajstić information content (AvgIpc) is 2.53. The fraction of sp³-hybridized carbons (Fsp3) is 0.235. The first kappa shape index (κ1) is 17.0. The van der Waals surface area contributed by atoms with Crippen LogP contribution in [0.5, 0.6) is 0 Å². The van der Waals surface area contributed by atoms with E-state index >= 15 is 0 Å². The third kappa shape index (κ3) is 4.10. The number of aromatic nitrogens is 2. The zero-order valence-electron chi connectivity index (χ0n) is 13.7. The molecule has 1 heterocycles. The Morgan fingerprint density at radius 3 is 2.65 bits per heavy atom. The summed E-state index contributed by atoms with van der Waals surface area (Å²) >= 11 is 1.40. The summed E-state index contributed by atoms with van der Waals surface area (Å²) in [5.41, 5.74) is 4.34. The molecule has 0 radical (unpaired) electrons. The van der Waals surface area contributed by atoms with E-state index in [9.17, 15) is 4.79 Å². The summed E-state index contributed by atoms with van der Waals surface area (Å²) in [4.78, 5) is 20.6. The van der Waals surface area contributed by atoms with Crippen molar-refractivity contribution in [3.05, 3.63) is 58.5 Å². The molecule has 0 aliphatic carbocycles. The van der Waals surface area contributed by atoms with Crippen molar-refractivity contribution in [3.8, 4) is 0 Å². The minimum absolute atomic E-state index is 0.178. The Hall–Kier alpha value is -2.34. The molecule has 2 aromatic rings. The minimum atomic E-state index is -0.178. The Morgan fingerprint density at radius 2 is 1.96 bits per heavy atom. The van der Waals surface area contributed by atoms with Crippen molar-refractivity contribution in [2.24, 2.45) is 0 Å². The second-order valence-electron chi connectivity index (χ2n) is 5.17. The number of carbonyl (C=O) groups is 1. The molecule has 6 heteroatoms. The fourth-order valence-electron chi connectivity index (χ4n) is 1.94. The van der Waals surface area contributed by atoms with Crippen LogP contribution in [-0.4, -0.2) is 22.1 Å². The molecule has 5 nitrogen and oxygen atoms in total. The van der Waals surface area contributed by atoms with E-state index in [4.69, 9.17) is 0 Å². The molecule has 23 heavy (non-hydrogen) atoms. The van der Waals surface area contributed by atoms with Gasteiger partial charge in [0.25, 0.3) is 5.91 Å². The van der Waals surface area contributed by atoms with Gasteiger partial charge in [-0.1, -0.05) is 12.6 Å². The van der Waals surface area contributed by atoms with Crippen molar-refractivity contribution >= 4 is 29.2 Å². The monoisotopic (exact) mass is 328 g/mol. The highest BCUT2D eigenvalue weighted by molar-refractivity contribution is 8.02. The lowest BCUT2D eigenvalue weighted by atomic mass is 10.1. The number of anilines is 2. The molecule has 1 aromatic heterocycles. The summed E-state index contributed by atoms with van der Waals surface area (Å²) in [6, 6.07) is 5.51. The number of amides is 1. The molecule has 0 fully saturated rings. The fourth-order valence-corrected chi connectivity index (χ4v) is 2.13. The van der Waals surface area contributed by atoms with Gasteiger partial charge in [0, 0.05) is 22.5 Å². The minimum Gasteiger partial charge on any atom is -0.340 e. The number of nitrogens with zero attached hydrogens (tertiary/aromatic N) is 2. The molecule has 0 atom stereocenters. The molecule has 0 saturated carbocycles. The normalized spacial score (nSPS) is 10.3. The predicted octanol–water partition coefficient (Wildman–Crippen LogP) is 3.71. The zero-order valence-corrected chi connectivity index (χ0v) is 14.5. The topological polar surface area (TPSA) is 66.9 Å². The molecule has 2 rings (SSSR count). The predicted molar refractivity (Wildman–Crippen MR) is 96.1 cm³/mol. The molecule has 0 unspecified atom stereocenters. The van der Waals surface area contributed by atoms with Crippen molar-refractivity contribution in [1.29, 1.82) is 0 Å². The highest BCUT2D eigenvalue weighted by Gasteiger charge is 2.11. The zero-order chi connectivity index (χ0) is 17.0. The van der Waals surface area contributed by atoms with Gasteiger partial charge in [-0.3, -0.25) is 4.79 Å². The molecule has 1 amide bonds. The Labute approximate surface area is 140 Å². The third-order valence-electron chi connectivity index (χ3n) is 3.59. The van der Waals surface area contributed by atoms with Crippen LogP contribution in [0.15, 0.2) is 36.1 Å². The molecule has 0 spiro atoms. The summed E-state index contributed by atoms with van der Waals surface area (Å²) < 4.78 is 0. The van der Waals surface area contributed by atoms with Gasteiger partial charge in [-0.05, 0) is 44.7 Å². The molecular weight excluding hydrogens is 308 g/mol. The number of nitrogens with one attached hydrogen (secondary N) is 2. The number of thioether (sulfide) groups is 1. The number of benzene rings is 1. The number of hydrogen-bond donors (Lipinski definition) is 2. The van der Waals surface area contributed by atoms with Gasteiger partial charge in [0.1, 0.15) is 12.1 Å². The molecular formula is C17H20N4OS. The molecule has 2 N–H and O–H groups in total. The van der Waals surface area contributed by atoms with Gasteiger partial charge in [0.2, 0.25) is 0 Å². The number of hydrogen-bond acceptors (Lipinski definition) is 5. The van der Waals surface area contributed by atoms with E-state index in [0.29, 0.717) is 10.6 Å². The van der Waals surface area contributed by atoms with Crippen LogP contribution in [0.25, 0.3) is 0 Å². The van der Waals surface area contributed by atoms with Crippen molar-refractivity contribution in [2.75, 3.05) is 11.6 Å². The van der Waals surface area contributed by atoms with E-state index in [1.54, 1.807) is 6.07 Å². The van der Waals surface area contributed by atoms with Crippen LogP contribution in [0, 0.1) is 20.8 Å². The van der Waals surface area contributed by atoms with Gasteiger partial charge in [-0.15, -0.1) is 11.8 Å². The van der Waals surface area contributed by atoms with Crippen LogP contribution in [0.1, 0.15) is 27.2 Å². The van der Waals surface area contributed by atoms with E-state index in [0.717, 1.165) is 28.3 Å². The Morgan fingerprint density at radius 1 is 1.22 bits per heavy atom. The van der Waals surface area contributed by atoms with Gasteiger partial charge in [0.15, 0.2) is 0 Å². The van der Waals surface area contributed by atoms with Crippen LogP contribution in [0.2, 0.25) is 0 Å². The number of aryl methyl sites for hydroxylation is 2. The first-order valence-electron chi connectivity index (χ1n) is 7.12. The van der Waals surface area contributed by atoms with E-state index in [2.05, 4.69) is 27.2 Å². The molecule has 0 saturated heterocycles. The van der Waals surface area contributed by atoms with Crippen LogP contribution in [0.4, 0.5) is 11.5 Å². The van der Waals surface area contributed by atoms with Crippen molar-refractivity contribution in [1.82, 2.24) is 15.3 Å². The Balaban J connectivity index is 2.29. The third-order valence-corrected chi connectivity index (χ3v) is 4.18. The second kappa shape index (κ2) is 7.28. The van der Waals surface area contributed by atoms with Crippen molar-refractivity contribution in [2.45, 2.75) is 20.8 Å². The van der Waals surface area contributed by atoms with E-state index < -0.39 is 0 Å². The molecule has 0 bridgehead atoms. The summed E-state index contributed by atoms with van der Waals surface area (Å²) in [5.74, 6) is 0.565. The van der Waals surface area contributed by atoms with Crippen LogP contribution < -0.4 is 10.6 Å². The van der Waals surface area contributed by atoms with Gasteiger partial charge >= 0.3 is 0 Å². The number of carbonyl (C=O) groups excluding carboxylic acids is 1. The molecule has 1 aromatic carbocycles. The van der Waals surface area contributed by atoms with Crippen molar-refractivity contribution < 1.29 is 4.79 Å². The molecule has 0 aliphatic rings. The van der Waals surface area contributed by atoms with Crippen molar-refractivity contribution in [3.63, 3.8) is 0 Å². The van der Waals surface area contributed by atoms with E-state index in [1.165, 1.54) is 18.1 Å². The first-order valence-corrected chi connectivity index (χ1v) is 8.35. The summed E-state index contributed by atoms with van der Waals surface area (Å²) in [6.45, 7) is 9.65. The molecule has 0 aliphatic heterocycles. The Bertz CT molecular complexity index is 758. The van der Waals surface area contributed by atoms with Crippen LogP contribution in [-0.2, 0) is 0 Å². The highest BCUT2D eigenvalue weighted by Crippen LogP contribution is 2.23.